The third-order valence-electron chi connectivity index (χ3n) is 5.26. The zero-order chi connectivity index (χ0) is 20.8. The van der Waals surface area contributed by atoms with Gasteiger partial charge in [-0.1, -0.05) is 77.8 Å². The average molecular weight is 395 g/mol. The highest BCUT2D eigenvalue weighted by Crippen LogP contribution is 2.31. The van der Waals surface area contributed by atoms with E-state index in [-0.39, 0.29) is 18.6 Å². The lowest BCUT2D eigenvalue weighted by molar-refractivity contribution is -0.168. The number of ether oxygens (including phenoxy) is 2. The van der Waals surface area contributed by atoms with Gasteiger partial charge in [0.2, 0.25) is 0 Å². The number of rotatable bonds is 14. The molecule has 0 radical (unpaired) electrons. The SMILES string of the molecule is CCCCCCCCCCOC(=O)C(CC)(CC)C(=O)Oc1ccccc1F. The molecule has 0 saturated carbocycles. The van der Waals surface area contributed by atoms with Gasteiger partial charge in [0.05, 0.1) is 6.61 Å². The molecule has 0 saturated heterocycles. The fraction of sp³-hybridized carbons (Fsp3) is 0.652. The summed E-state index contributed by atoms with van der Waals surface area (Å²) in [6.07, 6.45) is 9.67. The van der Waals surface area contributed by atoms with E-state index >= 15 is 0 Å². The Morgan fingerprint density at radius 2 is 1.43 bits per heavy atom. The molecule has 1 rings (SSSR count). The maximum atomic E-state index is 13.8. The Morgan fingerprint density at radius 3 is 2.00 bits per heavy atom. The number of hydrogen-bond acceptors (Lipinski definition) is 4. The van der Waals surface area contributed by atoms with Crippen LogP contribution in [0.3, 0.4) is 0 Å². The fourth-order valence-electron chi connectivity index (χ4n) is 3.17. The van der Waals surface area contributed by atoms with Gasteiger partial charge in [-0.3, -0.25) is 9.59 Å². The van der Waals surface area contributed by atoms with Crippen molar-refractivity contribution >= 4 is 11.9 Å². The van der Waals surface area contributed by atoms with E-state index < -0.39 is 23.2 Å². The minimum absolute atomic E-state index is 0.172. The number of benzene rings is 1. The topological polar surface area (TPSA) is 52.6 Å². The highest BCUT2D eigenvalue weighted by Gasteiger charge is 2.46. The lowest BCUT2D eigenvalue weighted by Crippen LogP contribution is -2.42. The third kappa shape index (κ3) is 7.25. The minimum Gasteiger partial charge on any atom is -0.465 e. The second kappa shape index (κ2) is 13.3. The average Bonchev–Trinajstić information content (AvgIpc) is 2.70. The van der Waals surface area contributed by atoms with Crippen LogP contribution in [0.4, 0.5) is 4.39 Å². The highest BCUT2D eigenvalue weighted by atomic mass is 19.1. The molecule has 0 fully saturated rings. The van der Waals surface area contributed by atoms with E-state index in [1.54, 1.807) is 19.9 Å². The molecule has 0 amide bonds. The van der Waals surface area contributed by atoms with Crippen LogP contribution in [0.15, 0.2) is 24.3 Å². The summed E-state index contributed by atoms with van der Waals surface area (Å²) in [7, 11) is 0. The molecule has 0 N–H and O–H groups in total. The second-order valence-electron chi connectivity index (χ2n) is 7.22. The zero-order valence-electron chi connectivity index (χ0n) is 17.6. The molecule has 0 bridgehead atoms. The minimum atomic E-state index is -1.40. The number of hydrogen-bond donors (Lipinski definition) is 0. The number of halogens is 1. The van der Waals surface area contributed by atoms with Crippen LogP contribution >= 0.6 is 0 Å². The van der Waals surface area contributed by atoms with Crippen LogP contribution in [0.5, 0.6) is 5.75 Å². The largest absolute Gasteiger partial charge is 0.465 e. The Kier molecular flexibility index (Phi) is 11.5. The van der Waals surface area contributed by atoms with E-state index in [9.17, 15) is 14.0 Å². The normalized spacial score (nSPS) is 11.3. The van der Waals surface area contributed by atoms with Crippen molar-refractivity contribution in [3.05, 3.63) is 30.1 Å². The van der Waals surface area contributed by atoms with Gasteiger partial charge < -0.3 is 9.47 Å². The Bertz CT molecular complexity index is 596. The van der Waals surface area contributed by atoms with Crippen molar-refractivity contribution in [1.29, 1.82) is 0 Å². The number of unbranched alkanes of at least 4 members (excludes halogenated alkanes) is 7. The summed E-state index contributed by atoms with van der Waals surface area (Å²) >= 11 is 0. The lowest BCUT2D eigenvalue weighted by Gasteiger charge is -2.26. The molecule has 158 valence electrons. The van der Waals surface area contributed by atoms with Crippen molar-refractivity contribution in [1.82, 2.24) is 0 Å². The van der Waals surface area contributed by atoms with Crippen LogP contribution in [0, 0.1) is 11.2 Å². The first-order valence-corrected chi connectivity index (χ1v) is 10.7. The quantitative estimate of drug-likeness (QED) is 0.163. The summed E-state index contributed by atoms with van der Waals surface area (Å²) in [6, 6.07) is 5.67. The van der Waals surface area contributed by atoms with Crippen molar-refractivity contribution in [3.8, 4) is 5.75 Å². The van der Waals surface area contributed by atoms with Gasteiger partial charge >= 0.3 is 11.9 Å². The summed E-state index contributed by atoms with van der Waals surface area (Å²) in [5.74, 6) is -2.15. The van der Waals surface area contributed by atoms with Gasteiger partial charge in [0.25, 0.3) is 0 Å². The Morgan fingerprint density at radius 1 is 0.857 bits per heavy atom. The van der Waals surface area contributed by atoms with Crippen LogP contribution < -0.4 is 4.74 Å². The van der Waals surface area contributed by atoms with Crippen molar-refractivity contribution in [3.63, 3.8) is 0 Å². The van der Waals surface area contributed by atoms with Gasteiger partial charge in [0.1, 0.15) is 0 Å². The van der Waals surface area contributed by atoms with Crippen molar-refractivity contribution < 1.29 is 23.5 Å². The third-order valence-corrected chi connectivity index (χ3v) is 5.26. The van der Waals surface area contributed by atoms with Gasteiger partial charge in [0, 0.05) is 0 Å². The molecule has 4 nitrogen and oxygen atoms in total. The molecule has 0 aliphatic heterocycles. The van der Waals surface area contributed by atoms with Crippen LogP contribution in [0.25, 0.3) is 0 Å². The van der Waals surface area contributed by atoms with E-state index in [1.165, 1.54) is 50.3 Å². The first kappa shape index (κ1) is 24.1. The predicted octanol–water partition coefficient (Wildman–Crippen LogP) is 6.22. The zero-order valence-corrected chi connectivity index (χ0v) is 17.6. The van der Waals surface area contributed by atoms with E-state index in [2.05, 4.69) is 6.92 Å². The molecule has 0 spiro atoms. The first-order chi connectivity index (χ1) is 13.5. The first-order valence-electron chi connectivity index (χ1n) is 10.7. The fourth-order valence-corrected chi connectivity index (χ4v) is 3.17. The monoisotopic (exact) mass is 394 g/mol. The van der Waals surface area contributed by atoms with Crippen molar-refractivity contribution in [2.24, 2.45) is 5.41 Å². The van der Waals surface area contributed by atoms with Gasteiger partial charge in [-0.05, 0) is 31.4 Å². The lowest BCUT2D eigenvalue weighted by atomic mass is 9.82. The molecule has 28 heavy (non-hydrogen) atoms. The summed E-state index contributed by atoms with van der Waals surface area (Å²) in [4.78, 5) is 25.3. The number of esters is 2. The standard InChI is InChI=1S/C23H35FO4/c1-4-7-8-9-10-11-12-15-18-27-21(25)23(5-2,6-3)22(26)28-20-17-14-13-16-19(20)24/h13-14,16-17H,4-12,15,18H2,1-3H3. The predicted molar refractivity (Wildman–Crippen MR) is 109 cm³/mol. The van der Waals surface area contributed by atoms with Gasteiger partial charge in [-0.25, -0.2) is 4.39 Å². The van der Waals surface area contributed by atoms with E-state index in [0.29, 0.717) is 6.61 Å². The Balaban J connectivity index is 2.49. The van der Waals surface area contributed by atoms with Crippen molar-refractivity contribution in [2.45, 2.75) is 85.0 Å². The van der Waals surface area contributed by atoms with E-state index in [4.69, 9.17) is 9.47 Å². The van der Waals surface area contributed by atoms with Crippen LogP contribution in [0.2, 0.25) is 0 Å². The molecule has 1 aromatic rings. The van der Waals surface area contributed by atoms with Crippen LogP contribution in [-0.2, 0) is 14.3 Å². The van der Waals surface area contributed by atoms with Crippen molar-refractivity contribution in [2.75, 3.05) is 6.61 Å². The molecule has 0 atom stereocenters. The van der Waals surface area contributed by atoms with Crippen LogP contribution in [-0.4, -0.2) is 18.5 Å². The molecular weight excluding hydrogens is 359 g/mol. The summed E-state index contributed by atoms with van der Waals surface area (Å²) in [6.45, 7) is 5.98. The van der Waals surface area contributed by atoms with Gasteiger partial charge in [0.15, 0.2) is 17.0 Å². The number of carbonyl (C=O) groups is 2. The molecule has 0 aromatic heterocycles. The maximum Gasteiger partial charge on any atom is 0.328 e. The van der Waals surface area contributed by atoms with Gasteiger partial charge in [-0.15, -0.1) is 0 Å². The molecule has 0 heterocycles. The molecular formula is C23H35FO4. The van der Waals surface area contributed by atoms with Crippen LogP contribution in [0.1, 0.15) is 85.0 Å². The molecule has 1 aromatic carbocycles. The second-order valence-corrected chi connectivity index (χ2v) is 7.22. The summed E-state index contributed by atoms with van der Waals surface area (Å²) in [5.41, 5.74) is -1.40. The molecule has 5 heteroatoms. The van der Waals surface area contributed by atoms with E-state index in [1.807, 2.05) is 0 Å². The van der Waals surface area contributed by atoms with E-state index in [0.717, 1.165) is 19.3 Å². The number of para-hydroxylation sites is 1. The molecule has 0 aliphatic rings. The molecule has 0 aliphatic carbocycles. The summed E-state index contributed by atoms with van der Waals surface area (Å²) in [5, 5.41) is 0. The highest BCUT2D eigenvalue weighted by molar-refractivity contribution is 6.00. The molecule has 0 unspecified atom stereocenters. The maximum absolute atomic E-state index is 13.8. The summed E-state index contributed by atoms with van der Waals surface area (Å²) < 4.78 is 24.4. The Labute approximate surface area is 168 Å². The Hall–Kier alpha value is -1.91. The smallest absolute Gasteiger partial charge is 0.328 e. The number of carbonyl (C=O) groups excluding carboxylic acids is 2. The van der Waals surface area contributed by atoms with Gasteiger partial charge in [-0.2, -0.15) is 0 Å².